The molecule has 1 atom stereocenters. The number of esters is 1. The molecule has 0 aliphatic carbocycles. The van der Waals surface area contributed by atoms with Crippen LogP contribution in [0.15, 0.2) is 71.1 Å². The molecule has 7 heteroatoms. The Bertz CT molecular complexity index is 1340. The molecule has 0 saturated carbocycles. The van der Waals surface area contributed by atoms with Crippen LogP contribution >= 0.6 is 11.8 Å². The van der Waals surface area contributed by atoms with E-state index in [1.807, 2.05) is 30.5 Å². The molecule has 2 heterocycles. The highest BCUT2D eigenvalue weighted by Crippen LogP contribution is 2.32. The number of carbonyl (C=O) groups excluding carboxylic acids is 3. The van der Waals surface area contributed by atoms with Crippen molar-refractivity contribution < 1.29 is 23.5 Å². The van der Waals surface area contributed by atoms with E-state index in [2.05, 4.69) is 0 Å². The van der Waals surface area contributed by atoms with Gasteiger partial charge in [0.05, 0.1) is 11.1 Å². The van der Waals surface area contributed by atoms with Crippen molar-refractivity contribution in [2.24, 2.45) is 0 Å². The molecule has 1 unspecified atom stereocenters. The summed E-state index contributed by atoms with van der Waals surface area (Å²) in [4.78, 5) is 40.1. The summed E-state index contributed by atoms with van der Waals surface area (Å²) >= 11 is 1.53. The molecule has 0 radical (unpaired) electrons. The minimum atomic E-state index is -1.01. The van der Waals surface area contributed by atoms with Crippen molar-refractivity contribution >= 4 is 51.5 Å². The number of furan rings is 1. The molecule has 6 nitrogen and oxygen atoms in total. The van der Waals surface area contributed by atoms with Crippen LogP contribution in [0.25, 0.3) is 21.9 Å². The number of amides is 2. The maximum Gasteiger partial charge on any atom is 0.334 e. The number of rotatable bonds is 6. The molecule has 0 spiro atoms. The second kappa shape index (κ2) is 8.16. The summed E-state index contributed by atoms with van der Waals surface area (Å²) in [6.45, 7) is 0. The Kier molecular flexibility index (Phi) is 5.19. The van der Waals surface area contributed by atoms with Gasteiger partial charge in [-0.2, -0.15) is 11.8 Å². The highest BCUT2D eigenvalue weighted by molar-refractivity contribution is 7.98. The van der Waals surface area contributed by atoms with E-state index in [9.17, 15) is 14.4 Å². The maximum absolute atomic E-state index is 13.2. The number of hydrogen-bond donors (Lipinski definition) is 0. The molecular formula is C25H19NO5S. The van der Waals surface area contributed by atoms with Crippen molar-refractivity contribution in [2.75, 3.05) is 12.0 Å². The first-order valence-corrected chi connectivity index (χ1v) is 11.6. The molecule has 0 fully saturated rings. The molecule has 1 aromatic heterocycles. The second-order valence-corrected chi connectivity index (χ2v) is 8.49. The van der Waals surface area contributed by atoms with E-state index in [1.54, 1.807) is 42.5 Å². The number of imide groups is 1. The smallest absolute Gasteiger partial charge is 0.334 e. The zero-order chi connectivity index (χ0) is 22.2. The van der Waals surface area contributed by atoms with E-state index in [0.29, 0.717) is 34.6 Å². The lowest BCUT2D eigenvalue weighted by Crippen LogP contribution is -2.47. The van der Waals surface area contributed by atoms with Gasteiger partial charge < -0.3 is 9.15 Å². The molecule has 1 aliphatic rings. The minimum Gasteiger partial charge on any atom is -0.456 e. The predicted octanol–water partition coefficient (Wildman–Crippen LogP) is 4.91. The van der Waals surface area contributed by atoms with Gasteiger partial charge in [0.25, 0.3) is 11.8 Å². The van der Waals surface area contributed by atoms with Gasteiger partial charge >= 0.3 is 5.97 Å². The Morgan fingerprint density at radius 1 is 0.938 bits per heavy atom. The number of hydrogen-bond acceptors (Lipinski definition) is 6. The van der Waals surface area contributed by atoms with Crippen molar-refractivity contribution in [3.63, 3.8) is 0 Å². The number of thioether (sulfide) groups is 1. The SMILES string of the molecule is CSCCC(C(=O)Oc1ccc2oc3ccccc3c2c1)N1C(=O)c2ccccc2C1=O. The van der Waals surface area contributed by atoms with Gasteiger partial charge in [0.1, 0.15) is 23.0 Å². The number of carbonyl (C=O) groups is 3. The summed E-state index contributed by atoms with van der Waals surface area (Å²) in [5, 5.41) is 1.74. The average molecular weight is 445 g/mol. The first kappa shape index (κ1) is 20.3. The number of ether oxygens (including phenoxy) is 1. The second-order valence-electron chi connectivity index (χ2n) is 7.50. The predicted molar refractivity (Wildman–Crippen MR) is 123 cm³/mol. The van der Waals surface area contributed by atoms with E-state index < -0.39 is 23.8 Å². The van der Waals surface area contributed by atoms with Crippen LogP contribution in [0, 0.1) is 0 Å². The molecule has 3 aromatic carbocycles. The van der Waals surface area contributed by atoms with Gasteiger partial charge in [-0.25, -0.2) is 4.79 Å². The normalized spacial score (nSPS) is 14.2. The minimum absolute atomic E-state index is 0.308. The molecule has 1 aliphatic heterocycles. The quantitative estimate of drug-likeness (QED) is 0.238. The van der Waals surface area contributed by atoms with Crippen LogP contribution in [-0.2, 0) is 4.79 Å². The molecule has 2 amide bonds. The van der Waals surface area contributed by atoms with Crippen LogP contribution in [0.4, 0.5) is 0 Å². The van der Waals surface area contributed by atoms with Crippen molar-refractivity contribution in [2.45, 2.75) is 12.5 Å². The monoisotopic (exact) mass is 445 g/mol. The molecule has 0 N–H and O–H groups in total. The number of para-hydroxylation sites is 1. The van der Waals surface area contributed by atoms with Gasteiger partial charge in [-0.15, -0.1) is 0 Å². The van der Waals surface area contributed by atoms with Gasteiger partial charge in [0, 0.05) is 10.8 Å². The van der Waals surface area contributed by atoms with E-state index in [-0.39, 0.29) is 0 Å². The summed E-state index contributed by atoms with van der Waals surface area (Å²) in [5.74, 6) is -0.645. The van der Waals surface area contributed by atoms with Crippen molar-refractivity contribution in [3.05, 3.63) is 77.9 Å². The summed E-state index contributed by atoms with van der Waals surface area (Å²) in [5.41, 5.74) is 2.05. The molecule has 4 aromatic rings. The number of fused-ring (bicyclic) bond motifs is 4. The molecule has 32 heavy (non-hydrogen) atoms. The first-order chi connectivity index (χ1) is 15.6. The number of benzene rings is 3. The van der Waals surface area contributed by atoms with Crippen molar-refractivity contribution in [1.29, 1.82) is 0 Å². The van der Waals surface area contributed by atoms with Crippen LogP contribution in [0.3, 0.4) is 0 Å². The van der Waals surface area contributed by atoms with E-state index in [4.69, 9.17) is 9.15 Å². The van der Waals surface area contributed by atoms with Gasteiger partial charge in [-0.1, -0.05) is 30.3 Å². The molecule has 0 bridgehead atoms. The summed E-state index contributed by atoms with van der Waals surface area (Å²) in [7, 11) is 0. The lowest BCUT2D eigenvalue weighted by atomic mass is 10.1. The van der Waals surface area contributed by atoms with Crippen LogP contribution in [-0.4, -0.2) is 40.7 Å². The third-order valence-corrected chi connectivity index (χ3v) is 6.22. The van der Waals surface area contributed by atoms with Crippen LogP contribution in [0.1, 0.15) is 27.1 Å². The highest BCUT2D eigenvalue weighted by atomic mass is 32.2. The standard InChI is InChI=1S/C25H19NO5S/c1-32-13-12-20(26-23(27)17-7-2-3-8-18(17)24(26)28)25(29)30-15-10-11-22-19(14-15)16-6-4-5-9-21(16)31-22/h2-11,14,20H,12-13H2,1H3. The Labute approximate surface area is 188 Å². The zero-order valence-electron chi connectivity index (χ0n) is 17.2. The fourth-order valence-electron chi connectivity index (χ4n) is 4.03. The molecule has 160 valence electrons. The van der Waals surface area contributed by atoms with E-state index in [0.717, 1.165) is 21.3 Å². The van der Waals surface area contributed by atoms with E-state index >= 15 is 0 Å². The van der Waals surface area contributed by atoms with Crippen LogP contribution in [0.2, 0.25) is 0 Å². The topological polar surface area (TPSA) is 76.8 Å². The van der Waals surface area contributed by atoms with E-state index in [1.165, 1.54) is 11.8 Å². The van der Waals surface area contributed by atoms with Crippen LogP contribution in [0.5, 0.6) is 5.75 Å². The zero-order valence-corrected chi connectivity index (χ0v) is 18.1. The third-order valence-electron chi connectivity index (χ3n) is 5.57. The van der Waals surface area contributed by atoms with Gasteiger partial charge in [0.2, 0.25) is 0 Å². The van der Waals surface area contributed by atoms with Crippen molar-refractivity contribution in [1.82, 2.24) is 4.90 Å². The van der Waals surface area contributed by atoms with Gasteiger partial charge in [-0.3, -0.25) is 14.5 Å². The van der Waals surface area contributed by atoms with Crippen molar-refractivity contribution in [3.8, 4) is 5.75 Å². The summed E-state index contributed by atoms with van der Waals surface area (Å²) in [6, 6.07) is 18.4. The largest absolute Gasteiger partial charge is 0.456 e. The lowest BCUT2D eigenvalue weighted by molar-refractivity contribution is -0.138. The summed E-state index contributed by atoms with van der Waals surface area (Å²) in [6.07, 6.45) is 2.21. The average Bonchev–Trinajstić information content (AvgIpc) is 3.30. The van der Waals surface area contributed by atoms with Crippen LogP contribution < -0.4 is 4.74 Å². The highest BCUT2D eigenvalue weighted by Gasteiger charge is 2.43. The van der Waals surface area contributed by atoms with Gasteiger partial charge in [0.15, 0.2) is 0 Å². The molecular weight excluding hydrogens is 426 g/mol. The Morgan fingerprint density at radius 3 is 2.31 bits per heavy atom. The first-order valence-electron chi connectivity index (χ1n) is 10.2. The lowest BCUT2D eigenvalue weighted by Gasteiger charge is -2.24. The molecule has 0 saturated heterocycles. The van der Waals surface area contributed by atoms with Gasteiger partial charge in [-0.05, 0) is 54.8 Å². The Balaban J connectivity index is 1.46. The molecule has 5 rings (SSSR count). The third kappa shape index (κ3) is 3.35. The fraction of sp³-hybridized carbons (Fsp3) is 0.160. The number of nitrogens with zero attached hydrogens (tertiary/aromatic N) is 1. The Hall–Kier alpha value is -3.58. The maximum atomic E-state index is 13.2. The Morgan fingerprint density at radius 2 is 1.59 bits per heavy atom. The summed E-state index contributed by atoms with van der Waals surface area (Å²) < 4.78 is 11.5. The fourth-order valence-corrected chi connectivity index (χ4v) is 4.48.